The van der Waals surface area contributed by atoms with Gasteiger partial charge in [-0.05, 0) is 87.8 Å². The first-order chi connectivity index (χ1) is 37.2. The van der Waals surface area contributed by atoms with Gasteiger partial charge in [-0.2, -0.15) is 0 Å². The number of nitrogens with one attached hydrogen (secondary N) is 7. The fourth-order valence-corrected chi connectivity index (χ4v) is 8.96. The van der Waals surface area contributed by atoms with Gasteiger partial charge in [0.15, 0.2) is 23.7 Å². The third-order valence-electron chi connectivity index (χ3n) is 13.0. The van der Waals surface area contributed by atoms with E-state index in [-0.39, 0.29) is 115 Å². The molecule has 0 spiro atoms. The van der Waals surface area contributed by atoms with Gasteiger partial charge in [0, 0.05) is 74.9 Å². The van der Waals surface area contributed by atoms with Crippen LogP contribution in [0.25, 0.3) is 10.9 Å². The number of Topliss-reactive ketones (excluding diaryl/α,β-unsaturated/α-hetero) is 2. The molecule has 1 aliphatic heterocycles. The quantitative estimate of drug-likeness (QED) is 0.0347. The first-order valence-corrected chi connectivity index (χ1v) is 26.0. The van der Waals surface area contributed by atoms with Crippen molar-refractivity contribution in [2.24, 2.45) is 61.2 Å². The summed E-state index contributed by atoms with van der Waals surface area (Å²) in [4.78, 5) is 141. The number of guanidine groups is 3. The third kappa shape index (κ3) is 21.9. The van der Waals surface area contributed by atoms with E-state index in [1.807, 2.05) is 24.3 Å². The highest BCUT2D eigenvalue weighted by molar-refractivity contribution is 5.99. The number of ketones is 2. The fraction of sp³-hybridized carbons (Fsp3) is 0.500. The second kappa shape index (κ2) is 32.1. The number of nitrogens with zero attached hydrogens (tertiary/aromatic N) is 3. The molecule has 0 saturated carbocycles. The van der Waals surface area contributed by atoms with Crippen LogP contribution in [0.5, 0.6) is 0 Å². The third-order valence-corrected chi connectivity index (χ3v) is 13.0. The first-order valence-electron chi connectivity index (χ1n) is 26.0. The molecule has 0 unspecified atom stereocenters. The largest absolute Gasteiger partial charge is 0.480 e. The van der Waals surface area contributed by atoms with Gasteiger partial charge in [-0.1, -0.05) is 48.5 Å². The van der Waals surface area contributed by atoms with Gasteiger partial charge >= 0.3 is 5.97 Å². The molecule has 1 aliphatic rings. The zero-order valence-electron chi connectivity index (χ0n) is 44.0. The number of carbonyl (C=O) groups excluding carboxylic acids is 8. The number of benzene rings is 2. The number of carbonyl (C=O) groups is 9. The molecule has 4 rings (SSSR count). The standard InChI is InChI=1S/C52H76N16O10/c1-30(69)64-37(18-10-22-61-51(55)56)46(74)68-41-28-44(72)59-20-8-7-17-39(49(77)78)66-45(73)33(25-34-29-63-36-16-6-5-15-35(34)36)27-42(70)32(14-9-21-60-50(53)54)26-43(71)40(24-31-12-3-2-4-13-31)67-47(75)38(65-48(41)76)19-11-23-62-52(57)58/h2-6,12-13,15-16,29,32-33,37-41,63H,7-11,14,17-28H2,1H3,(H,59,72)(H,64,69)(H,65,76)(H,66,73)(H,67,75)(H,68,74)(H,77,78)(H4,53,54,60)(H4,55,56,61)(H4,57,58,62)/t32-,33-,37+,38+,39+,40-,41+/m1/s1. The van der Waals surface area contributed by atoms with Crippen LogP contribution in [0.1, 0.15) is 95.1 Å². The average molecular weight is 1090 g/mol. The average Bonchev–Trinajstić information content (AvgIpc) is 3.80. The van der Waals surface area contributed by atoms with Crippen LogP contribution in [0.15, 0.2) is 75.8 Å². The van der Waals surface area contributed by atoms with Crippen molar-refractivity contribution in [1.82, 2.24) is 36.9 Å². The van der Waals surface area contributed by atoms with Crippen LogP contribution in [0.4, 0.5) is 0 Å². The van der Waals surface area contributed by atoms with E-state index >= 15 is 0 Å². The molecule has 1 fully saturated rings. The molecule has 2 aromatic carbocycles. The van der Waals surface area contributed by atoms with Gasteiger partial charge in [0.1, 0.15) is 30.0 Å². The summed E-state index contributed by atoms with van der Waals surface area (Å²) < 4.78 is 0. The highest BCUT2D eigenvalue weighted by Gasteiger charge is 2.36. The summed E-state index contributed by atoms with van der Waals surface area (Å²) in [5.41, 5.74) is 35.3. The minimum absolute atomic E-state index is 0.0145. The van der Waals surface area contributed by atoms with Crippen molar-refractivity contribution in [3.05, 3.63) is 71.9 Å². The molecular formula is C52H76N16O10. The summed E-state index contributed by atoms with van der Waals surface area (Å²) >= 11 is 0. The van der Waals surface area contributed by atoms with Crippen molar-refractivity contribution in [2.45, 2.75) is 127 Å². The second-order valence-electron chi connectivity index (χ2n) is 19.2. The molecule has 26 heteroatoms. The van der Waals surface area contributed by atoms with Gasteiger partial charge in [-0.3, -0.25) is 53.3 Å². The number of aliphatic imine (C=N–C) groups is 3. The number of nitrogens with two attached hydrogens (primary N) is 6. The zero-order valence-corrected chi connectivity index (χ0v) is 44.0. The van der Waals surface area contributed by atoms with Crippen LogP contribution in [-0.2, 0) is 56.0 Å². The SMILES string of the molecule is CC(=O)N[C@@H](CCCN=C(N)N)C(=O)N[C@H]1CC(=O)NCCCC[C@@H](C(=O)O)NC(=O)[C@H](Cc2c[nH]c3ccccc23)CC(=O)[C@H](CCCN=C(N)N)CC(=O)[C@@H](Cc2ccccc2)NC(=O)[C@H](CCCN=C(N)N)NC1=O. The molecular weight excluding hydrogens is 1010 g/mol. The lowest BCUT2D eigenvalue weighted by Crippen LogP contribution is -2.58. The number of carboxylic acids is 1. The summed E-state index contributed by atoms with van der Waals surface area (Å²) in [5.74, 6) is -9.85. The van der Waals surface area contributed by atoms with Crippen LogP contribution < -0.4 is 66.3 Å². The Morgan fingerprint density at radius 2 is 1.29 bits per heavy atom. The first kappa shape index (κ1) is 62.0. The number of carboxylic acid groups (broad SMARTS) is 1. The molecule has 0 bridgehead atoms. The van der Waals surface area contributed by atoms with E-state index in [1.165, 1.54) is 6.92 Å². The molecule has 1 aromatic heterocycles. The van der Waals surface area contributed by atoms with Crippen molar-refractivity contribution >= 4 is 81.8 Å². The Labute approximate surface area is 452 Å². The predicted molar refractivity (Wildman–Crippen MR) is 293 cm³/mol. The molecule has 6 amide bonds. The van der Waals surface area contributed by atoms with Crippen molar-refractivity contribution < 1.29 is 48.3 Å². The van der Waals surface area contributed by atoms with Crippen molar-refractivity contribution in [1.29, 1.82) is 0 Å². The Morgan fingerprint density at radius 1 is 0.679 bits per heavy atom. The molecule has 20 N–H and O–H groups in total. The molecule has 7 atom stereocenters. The lowest BCUT2D eigenvalue weighted by molar-refractivity contribution is -0.143. The van der Waals surface area contributed by atoms with Crippen LogP contribution in [0, 0.1) is 11.8 Å². The van der Waals surface area contributed by atoms with E-state index in [0.29, 0.717) is 11.1 Å². The molecule has 26 nitrogen and oxygen atoms in total. The van der Waals surface area contributed by atoms with Gasteiger partial charge in [0.2, 0.25) is 35.4 Å². The lowest BCUT2D eigenvalue weighted by atomic mass is 9.83. The Hall–Kier alpha value is -8.58. The molecule has 424 valence electrons. The summed E-state index contributed by atoms with van der Waals surface area (Å²) in [6.07, 6.45) is 1.06. The van der Waals surface area contributed by atoms with E-state index in [4.69, 9.17) is 34.4 Å². The van der Waals surface area contributed by atoms with Crippen molar-refractivity contribution in [3.63, 3.8) is 0 Å². The van der Waals surface area contributed by atoms with Gasteiger partial charge in [-0.25, -0.2) is 4.79 Å². The maximum absolute atomic E-state index is 14.8. The minimum Gasteiger partial charge on any atom is -0.480 e. The Balaban J connectivity index is 1.80. The molecule has 3 aromatic rings. The second-order valence-corrected chi connectivity index (χ2v) is 19.2. The van der Waals surface area contributed by atoms with Crippen LogP contribution in [0.2, 0.25) is 0 Å². The van der Waals surface area contributed by atoms with Gasteiger partial charge in [0.05, 0.1) is 12.5 Å². The van der Waals surface area contributed by atoms with E-state index in [2.05, 4.69) is 51.9 Å². The van der Waals surface area contributed by atoms with E-state index in [0.717, 1.165) is 10.9 Å². The van der Waals surface area contributed by atoms with Gasteiger partial charge in [-0.15, -0.1) is 0 Å². The number of aliphatic carboxylic acids is 1. The zero-order chi connectivity index (χ0) is 57.1. The van der Waals surface area contributed by atoms with Crippen molar-refractivity contribution in [2.75, 3.05) is 26.2 Å². The highest BCUT2D eigenvalue weighted by Crippen LogP contribution is 2.26. The number of rotatable bonds is 20. The fourth-order valence-electron chi connectivity index (χ4n) is 8.96. The number of hydrogen-bond acceptors (Lipinski definition) is 12. The molecule has 78 heavy (non-hydrogen) atoms. The van der Waals surface area contributed by atoms with E-state index in [9.17, 15) is 48.3 Å². The normalized spacial score (nSPS) is 20.8. The summed E-state index contributed by atoms with van der Waals surface area (Å²) in [6.45, 7) is 1.39. The van der Waals surface area contributed by atoms with Crippen molar-refractivity contribution in [3.8, 4) is 0 Å². The molecule has 0 aliphatic carbocycles. The Bertz CT molecular complexity index is 2630. The van der Waals surface area contributed by atoms with E-state index < -0.39 is 114 Å². The Kier molecular flexibility index (Phi) is 25.5. The summed E-state index contributed by atoms with van der Waals surface area (Å²) in [6, 6.07) is 9.05. The number of aromatic amines is 1. The molecule has 2 heterocycles. The molecule has 0 radical (unpaired) electrons. The highest BCUT2D eigenvalue weighted by atomic mass is 16.4. The smallest absolute Gasteiger partial charge is 0.326 e. The maximum atomic E-state index is 14.8. The predicted octanol–water partition coefficient (Wildman–Crippen LogP) is -1.52. The lowest BCUT2D eigenvalue weighted by Gasteiger charge is -2.27. The number of amides is 6. The number of para-hydroxylation sites is 1. The van der Waals surface area contributed by atoms with Crippen LogP contribution >= 0.6 is 0 Å². The molecule has 1 saturated heterocycles. The summed E-state index contributed by atoms with van der Waals surface area (Å²) in [5, 5.41) is 26.9. The number of fused-ring (bicyclic) bond motifs is 1. The minimum atomic E-state index is -1.66. The van der Waals surface area contributed by atoms with Crippen LogP contribution in [0.3, 0.4) is 0 Å². The topological polar surface area (TPSA) is 455 Å². The van der Waals surface area contributed by atoms with Crippen LogP contribution in [-0.4, -0.2) is 137 Å². The van der Waals surface area contributed by atoms with E-state index in [1.54, 1.807) is 36.5 Å². The summed E-state index contributed by atoms with van der Waals surface area (Å²) in [7, 11) is 0. The van der Waals surface area contributed by atoms with Gasteiger partial charge in [0.25, 0.3) is 0 Å². The number of H-pyrrole nitrogens is 1. The monoisotopic (exact) mass is 1080 g/mol. The maximum Gasteiger partial charge on any atom is 0.326 e. The van der Waals surface area contributed by atoms with Gasteiger partial charge < -0.3 is 76.4 Å². The Morgan fingerprint density at radius 3 is 1.95 bits per heavy atom. The number of aromatic nitrogens is 1. The number of hydrogen-bond donors (Lipinski definition) is 14.